The van der Waals surface area contributed by atoms with Crippen LogP contribution in [0.3, 0.4) is 0 Å². The van der Waals surface area contributed by atoms with Gasteiger partial charge in [0.2, 0.25) is 5.89 Å². The number of hydrogen-bond donors (Lipinski definition) is 0. The first kappa shape index (κ1) is 11.1. The SMILES string of the molecule is Cc1noc(C2CCN(c3ccncn3)CC2)n1. The molecule has 94 valence electrons. The number of rotatable bonds is 2. The summed E-state index contributed by atoms with van der Waals surface area (Å²) in [6, 6.07) is 1.94. The molecule has 1 aliphatic heterocycles. The molecule has 2 aromatic heterocycles. The summed E-state index contributed by atoms with van der Waals surface area (Å²) in [5.41, 5.74) is 0. The van der Waals surface area contributed by atoms with Crippen molar-refractivity contribution in [2.24, 2.45) is 0 Å². The Hall–Kier alpha value is -1.98. The Kier molecular flexibility index (Phi) is 2.92. The highest BCUT2D eigenvalue weighted by Gasteiger charge is 2.25. The molecule has 0 radical (unpaired) electrons. The van der Waals surface area contributed by atoms with Gasteiger partial charge in [0.1, 0.15) is 12.1 Å². The number of aromatic nitrogens is 4. The predicted octanol–water partition coefficient (Wildman–Crippen LogP) is 1.55. The van der Waals surface area contributed by atoms with Crippen molar-refractivity contribution in [3.8, 4) is 0 Å². The van der Waals surface area contributed by atoms with Crippen LogP contribution in [-0.4, -0.2) is 33.2 Å². The average Bonchev–Trinajstić information content (AvgIpc) is 2.87. The van der Waals surface area contributed by atoms with E-state index in [0.717, 1.165) is 37.6 Å². The molecule has 0 aromatic carbocycles. The summed E-state index contributed by atoms with van der Waals surface area (Å²) in [7, 11) is 0. The van der Waals surface area contributed by atoms with E-state index in [4.69, 9.17) is 4.52 Å². The maximum Gasteiger partial charge on any atom is 0.229 e. The standard InChI is InChI=1S/C12H15N5O/c1-9-15-12(18-16-9)10-3-6-17(7-4-10)11-2-5-13-8-14-11/h2,5,8,10H,3-4,6-7H2,1H3. The van der Waals surface area contributed by atoms with E-state index in [9.17, 15) is 0 Å². The van der Waals surface area contributed by atoms with Gasteiger partial charge in [-0.25, -0.2) is 9.97 Å². The normalized spacial score (nSPS) is 17.1. The van der Waals surface area contributed by atoms with E-state index in [1.807, 2.05) is 13.0 Å². The van der Waals surface area contributed by atoms with Gasteiger partial charge in [0.25, 0.3) is 0 Å². The summed E-state index contributed by atoms with van der Waals surface area (Å²) < 4.78 is 5.24. The van der Waals surface area contributed by atoms with Crippen LogP contribution in [0.4, 0.5) is 5.82 Å². The Bertz CT molecular complexity index is 504. The lowest BCUT2D eigenvalue weighted by atomic mass is 9.97. The Morgan fingerprint density at radius 1 is 1.33 bits per heavy atom. The topological polar surface area (TPSA) is 67.9 Å². The molecule has 0 aliphatic carbocycles. The molecule has 3 rings (SSSR count). The molecule has 2 aromatic rings. The second kappa shape index (κ2) is 4.72. The van der Waals surface area contributed by atoms with Crippen LogP contribution in [0.25, 0.3) is 0 Å². The minimum absolute atomic E-state index is 0.379. The molecule has 0 N–H and O–H groups in total. The zero-order valence-electron chi connectivity index (χ0n) is 10.3. The number of hydrogen-bond acceptors (Lipinski definition) is 6. The smallest absolute Gasteiger partial charge is 0.229 e. The molecule has 0 saturated carbocycles. The van der Waals surface area contributed by atoms with Crippen LogP contribution >= 0.6 is 0 Å². The molecule has 3 heterocycles. The summed E-state index contributed by atoms with van der Waals surface area (Å²) in [5.74, 6) is 2.85. The Labute approximate surface area is 105 Å². The molecule has 0 unspecified atom stereocenters. The maximum atomic E-state index is 5.24. The molecule has 18 heavy (non-hydrogen) atoms. The Morgan fingerprint density at radius 2 is 2.17 bits per heavy atom. The second-order valence-electron chi connectivity index (χ2n) is 4.51. The highest BCUT2D eigenvalue weighted by molar-refractivity contribution is 5.37. The van der Waals surface area contributed by atoms with Crippen LogP contribution in [0, 0.1) is 6.92 Å². The van der Waals surface area contributed by atoms with Gasteiger partial charge in [0.15, 0.2) is 5.82 Å². The van der Waals surface area contributed by atoms with Gasteiger partial charge in [0.05, 0.1) is 0 Å². The third kappa shape index (κ3) is 2.18. The quantitative estimate of drug-likeness (QED) is 0.799. The first-order chi connectivity index (χ1) is 8.83. The van der Waals surface area contributed by atoms with E-state index in [1.165, 1.54) is 0 Å². The van der Waals surface area contributed by atoms with Crippen LogP contribution in [-0.2, 0) is 0 Å². The van der Waals surface area contributed by atoms with E-state index in [0.29, 0.717) is 11.7 Å². The molecule has 1 saturated heterocycles. The van der Waals surface area contributed by atoms with Crippen molar-refractivity contribution in [1.82, 2.24) is 20.1 Å². The van der Waals surface area contributed by atoms with Gasteiger partial charge in [-0.2, -0.15) is 4.98 Å². The van der Waals surface area contributed by atoms with Gasteiger partial charge >= 0.3 is 0 Å². The van der Waals surface area contributed by atoms with Crippen LogP contribution < -0.4 is 4.90 Å². The van der Waals surface area contributed by atoms with Crippen LogP contribution in [0.5, 0.6) is 0 Å². The van der Waals surface area contributed by atoms with Crippen molar-refractivity contribution < 1.29 is 4.52 Å². The molecular formula is C12H15N5O. The van der Waals surface area contributed by atoms with Crippen LogP contribution in [0.2, 0.25) is 0 Å². The van der Waals surface area contributed by atoms with E-state index >= 15 is 0 Å². The first-order valence-electron chi connectivity index (χ1n) is 6.14. The Balaban J connectivity index is 1.65. The summed E-state index contributed by atoms with van der Waals surface area (Å²) in [4.78, 5) is 14.8. The monoisotopic (exact) mass is 245 g/mol. The van der Waals surface area contributed by atoms with E-state index in [1.54, 1.807) is 12.5 Å². The highest BCUT2D eigenvalue weighted by Crippen LogP contribution is 2.28. The summed E-state index contributed by atoms with van der Waals surface area (Å²) >= 11 is 0. The summed E-state index contributed by atoms with van der Waals surface area (Å²) in [6.45, 7) is 3.77. The van der Waals surface area contributed by atoms with Crippen molar-refractivity contribution >= 4 is 5.82 Å². The lowest BCUT2D eigenvalue weighted by molar-refractivity contribution is 0.327. The minimum atomic E-state index is 0.379. The van der Waals surface area contributed by atoms with E-state index in [-0.39, 0.29) is 0 Å². The maximum absolute atomic E-state index is 5.24. The van der Waals surface area contributed by atoms with Gasteiger partial charge < -0.3 is 9.42 Å². The number of anilines is 1. The van der Waals surface area contributed by atoms with Crippen molar-refractivity contribution in [2.75, 3.05) is 18.0 Å². The third-order valence-corrected chi connectivity index (χ3v) is 3.28. The molecule has 6 heteroatoms. The Morgan fingerprint density at radius 3 is 2.78 bits per heavy atom. The fourth-order valence-corrected chi connectivity index (χ4v) is 2.31. The highest BCUT2D eigenvalue weighted by atomic mass is 16.5. The largest absolute Gasteiger partial charge is 0.356 e. The van der Waals surface area contributed by atoms with Gasteiger partial charge in [0, 0.05) is 25.2 Å². The average molecular weight is 245 g/mol. The molecular weight excluding hydrogens is 230 g/mol. The third-order valence-electron chi connectivity index (χ3n) is 3.28. The zero-order valence-corrected chi connectivity index (χ0v) is 10.3. The number of aryl methyl sites for hydroxylation is 1. The van der Waals surface area contributed by atoms with Gasteiger partial charge in [-0.15, -0.1) is 0 Å². The lowest BCUT2D eigenvalue weighted by Crippen LogP contribution is -2.33. The van der Waals surface area contributed by atoms with Crippen LogP contribution in [0.15, 0.2) is 23.1 Å². The molecule has 0 bridgehead atoms. The fraction of sp³-hybridized carbons (Fsp3) is 0.500. The molecule has 1 fully saturated rings. The van der Waals surface area contributed by atoms with E-state index < -0.39 is 0 Å². The summed E-state index contributed by atoms with van der Waals surface area (Å²) in [5, 5.41) is 3.85. The molecule has 6 nitrogen and oxygen atoms in total. The van der Waals surface area contributed by atoms with E-state index in [2.05, 4.69) is 25.0 Å². The van der Waals surface area contributed by atoms with Gasteiger partial charge in [-0.05, 0) is 25.8 Å². The van der Waals surface area contributed by atoms with Crippen molar-refractivity contribution in [2.45, 2.75) is 25.7 Å². The second-order valence-corrected chi connectivity index (χ2v) is 4.51. The molecule has 0 amide bonds. The molecule has 1 aliphatic rings. The first-order valence-corrected chi connectivity index (χ1v) is 6.14. The summed E-state index contributed by atoms with van der Waals surface area (Å²) in [6.07, 6.45) is 5.40. The minimum Gasteiger partial charge on any atom is -0.356 e. The lowest BCUT2D eigenvalue weighted by Gasteiger charge is -2.31. The number of nitrogens with zero attached hydrogens (tertiary/aromatic N) is 5. The van der Waals surface area contributed by atoms with Crippen LogP contribution in [0.1, 0.15) is 30.5 Å². The van der Waals surface area contributed by atoms with Crippen molar-refractivity contribution in [3.05, 3.63) is 30.3 Å². The number of piperidine rings is 1. The molecule has 0 spiro atoms. The van der Waals surface area contributed by atoms with Gasteiger partial charge in [-0.1, -0.05) is 5.16 Å². The molecule has 0 atom stereocenters. The zero-order chi connectivity index (χ0) is 12.4. The van der Waals surface area contributed by atoms with Crippen molar-refractivity contribution in [1.29, 1.82) is 0 Å². The fourth-order valence-electron chi connectivity index (χ4n) is 2.31. The van der Waals surface area contributed by atoms with Gasteiger partial charge in [-0.3, -0.25) is 0 Å². The predicted molar refractivity (Wildman–Crippen MR) is 65.3 cm³/mol. The van der Waals surface area contributed by atoms with Crippen molar-refractivity contribution in [3.63, 3.8) is 0 Å².